The van der Waals surface area contributed by atoms with E-state index in [0.717, 1.165) is 38.5 Å². The van der Waals surface area contributed by atoms with E-state index in [9.17, 15) is 10.2 Å². The minimum Gasteiger partial charge on any atom is -0.393 e. The lowest BCUT2D eigenvalue weighted by molar-refractivity contribution is 0.00480. The van der Waals surface area contributed by atoms with E-state index in [-0.39, 0.29) is 12.2 Å². The number of aliphatic hydroxyl groups is 2. The molecule has 2 aliphatic carbocycles. The van der Waals surface area contributed by atoms with Crippen LogP contribution in [0.15, 0.2) is 0 Å². The molecule has 0 radical (unpaired) electrons. The van der Waals surface area contributed by atoms with E-state index in [0.29, 0.717) is 11.8 Å². The molecule has 0 heterocycles. The standard InChI is InChI=1S/C10H18O2/c11-9-3-1-7-5-10(12)4-2-8(7)6-9/h7-12H,1-6H2/t7?,8?,9-,10-/m1/s1. The van der Waals surface area contributed by atoms with Gasteiger partial charge >= 0.3 is 0 Å². The van der Waals surface area contributed by atoms with Gasteiger partial charge < -0.3 is 10.2 Å². The monoisotopic (exact) mass is 170 g/mol. The summed E-state index contributed by atoms with van der Waals surface area (Å²) in [6.07, 6.45) is 6.02. The highest BCUT2D eigenvalue weighted by Crippen LogP contribution is 2.40. The quantitative estimate of drug-likeness (QED) is 0.575. The average Bonchev–Trinajstić information content (AvgIpc) is 2.05. The maximum atomic E-state index is 9.45. The summed E-state index contributed by atoms with van der Waals surface area (Å²) in [6.45, 7) is 0. The zero-order valence-corrected chi connectivity index (χ0v) is 7.45. The first-order chi connectivity index (χ1) is 5.75. The first-order valence-corrected chi connectivity index (χ1v) is 5.12. The normalized spacial score (nSPS) is 48.5. The van der Waals surface area contributed by atoms with Crippen LogP contribution in [-0.2, 0) is 0 Å². The molecule has 2 rings (SSSR count). The molecule has 2 unspecified atom stereocenters. The molecule has 2 saturated carbocycles. The Balaban J connectivity index is 1.94. The molecule has 12 heavy (non-hydrogen) atoms. The molecule has 0 aromatic heterocycles. The van der Waals surface area contributed by atoms with Crippen molar-refractivity contribution in [3.05, 3.63) is 0 Å². The fraction of sp³-hybridized carbons (Fsp3) is 1.00. The third-order valence-electron chi connectivity index (χ3n) is 3.56. The Kier molecular flexibility index (Phi) is 2.37. The highest BCUT2D eigenvalue weighted by molar-refractivity contribution is 4.85. The van der Waals surface area contributed by atoms with Gasteiger partial charge in [0, 0.05) is 0 Å². The van der Waals surface area contributed by atoms with Crippen molar-refractivity contribution >= 4 is 0 Å². The van der Waals surface area contributed by atoms with Crippen LogP contribution in [-0.4, -0.2) is 22.4 Å². The first kappa shape index (κ1) is 8.52. The summed E-state index contributed by atoms with van der Waals surface area (Å²) in [7, 11) is 0. The van der Waals surface area contributed by atoms with Gasteiger partial charge in [-0.1, -0.05) is 0 Å². The number of rotatable bonds is 0. The van der Waals surface area contributed by atoms with Crippen molar-refractivity contribution in [2.75, 3.05) is 0 Å². The molecule has 2 heteroatoms. The van der Waals surface area contributed by atoms with E-state index in [1.807, 2.05) is 0 Å². The number of fused-ring (bicyclic) bond motifs is 1. The molecular formula is C10H18O2. The molecule has 2 fully saturated rings. The van der Waals surface area contributed by atoms with Gasteiger partial charge in [0.2, 0.25) is 0 Å². The van der Waals surface area contributed by atoms with E-state index in [1.54, 1.807) is 0 Å². The predicted molar refractivity (Wildman–Crippen MR) is 46.7 cm³/mol. The van der Waals surface area contributed by atoms with Crippen molar-refractivity contribution in [1.29, 1.82) is 0 Å². The Labute approximate surface area is 73.6 Å². The minimum atomic E-state index is -0.0542. The summed E-state index contributed by atoms with van der Waals surface area (Å²) in [5.74, 6) is 1.41. The van der Waals surface area contributed by atoms with E-state index >= 15 is 0 Å². The zero-order chi connectivity index (χ0) is 8.55. The van der Waals surface area contributed by atoms with Crippen molar-refractivity contribution in [1.82, 2.24) is 0 Å². The highest BCUT2D eigenvalue weighted by atomic mass is 16.3. The zero-order valence-electron chi connectivity index (χ0n) is 7.45. The van der Waals surface area contributed by atoms with Crippen LogP contribution in [0.3, 0.4) is 0 Å². The Morgan fingerprint density at radius 3 is 1.50 bits per heavy atom. The largest absolute Gasteiger partial charge is 0.393 e. The molecule has 2 nitrogen and oxygen atoms in total. The Morgan fingerprint density at radius 1 is 0.667 bits per heavy atom. The molecule has 0 aliphatic heterocycles. The summed E-state index contributed by atoms with van der Waals surface area (Å²) >= 11 is 0. The summed E-state index contributed by atoms with van der Waals surface area (Å²) in [4.78, 5) is 0. The average molecular weight is 170 g/mol. The van der Waals surface area contributed by atoms with Gasteiger partial charge in [0.1, 0.15) is 0 Å². The van der Waals surface area contributed by atoms with Gasteiger partial charge in [-0.05, 0) is 50.4 Å². The second-order valence-electron chi connectivity index (χ2n) is 4.45. The number of hydrogen-bond donors (Lipinski definition) is 2. The van der Waals surface area contributed by atoms with E-state index < -0.39 is 0 Å². The molecule has 0 aromatic rings. The molecule has 4 atom stereocenters. The fourth-order valence-corrected chi connectivity index (χ4v) is 2.84. The summed E-state index contributed by atoms with van der Waals surface area (Å²) in [5.41, 5.74) is 0. The van der Waals surface area contributed by atoms with Gasteiger partial charge in [-0.25, -0.2) is 0 Å². The molecule has 2 aliphatic rings. The Morgan fingerprint density at radius 2 is 1.08 bits per heavy atom. The van der Waals surface area contributed by atoms with Crippen LogP contribution in [0.5, 0.6) is 0 Å². The van der Waals surface area contributed by atoms with Gasteiger partial charge in [-0.15, -0.1) is 0 Å². The summed E-state index contributed by atoms with van der Waals surface area (Å²) < 4.78 is 0. The third kappa shape index (κ3) is 1.64. The Hall–Kier alpha value is -0.0800. The van der Waals surface area contributed by atoms with Crippen molar-refractivity contribution < 1.29 is 10.2 Å². The van der Waals surface area contributed by atoms with Gasteiger partial charge in [-0.3, -0.25) is 0 Å². The van der Waals surface area contributed by atoms with Gasteiger partial charge in [-0.2, -0.15) is 0 Å². The molecule has 2 N–H and O–H groups in total. The van der Waals surface area contributed by atoms with Gasteiger partial charge in [0.15, 0.2) is 0 Å². The van der Waals surface area contributed by atoms with Crippen molar-refractivity contribution in [2.24, 2.45) is 11.8 Å². The lowest BCUT2D eigenvalue weighted by Gasteiger charge is -2.39. The fourth-order valence-electron chi connectivity index (χ4n) is 2.84. The smallest absolute Gasteiger partial charge is 0.0543 e. The number of aliphatic hydroxyl groups excluding tert-OH is 2. The topological polar surface area (TPSA) is 40.5 Å². The van der Waals surface area contributed by atoms with E-state index in [4.69, 9.17) is 0 Å². The van der Waals surface area contributed by atoms with Gasteiger partial charge in [0.25, 0.3) is 0 Å². The van der Waals surface area contributed by atoms with Gasteiger partial charge in [0.05, 0.1) is 12.2 Å². The maximum Gasteiger partial charge on any atom is 0.0543 e. The second kappa shape index (κ2) is 3.35. The Bertz CT molecular complexity index is 140. The molecule has 0 aromatic carbocycles. The maximum absolute atomic E-state index is 9.45. The van der Waals surface area contributed by atoms with Crippen LogP contribution in [0.4, 0.5) is 0 Å². The van der Waals surface area contributed by atoms with Crippen LogP contribution in [0.2, 0.25) is 0 Å². The van der Waals surface area contributed by atoms with Crippen LogP contribution in [0.25, 0.3) is 0 Å². The van der Waals surface area contributed by atoms with E-state index in [1.165, 1.54) is 0 Å². The molecule has 70 valence electrons. The minimum absolute atomic E-state index is 0.0542. The molecule has 0 bridgehead atoms. The summed E-state index contributed by atoms with van der Waals surface area (Å²) in [6, 6.07) is 0. The summed E-state index contributed by atoms with van der Waals surface area (Å²) in [5, 5.41) is 18.9. The van der Waals surface area contributed by atoms with Crippen LogP contribution in [0, 0.1) is 11.8 Å². The van der Waals surface area contributed by atoms with Crippen molar-refractivity contribution in [3.63, 3.8) is 0 Å². The highest BCUT2D eigenvalue weighted by Gasteiger charge is 2.34. The molecular weight excluding hydrogens is 152 g/mol. The molecule has 0 amide bonds. The van der Waals surface area contributed by atoms with E-state index in [2.05, 4.69) is 0 Å². The van der Waals surface area contributed by atoms with Crippen LogP contribution in [0.1, 0.15) is 38.5 Å². The van der Waals surface area contributed by atoms with Crippen molar-refractivity contribution in [3.8, 4) is 0 Å². The lowest BCUT2D eigenvalue weighted by Crippen LogP contribution is -2.34. The lowest BCUT2D eigenvalue weighted by atomic mass is 9.69. The second-order valence-corrected chi connectivity index (χ2v) is 4.45. The first-order valence-electron chi connectivity index (χ1n) is 5.12. The molecule has 0 spiro atoms. The predicted octanol–water partition coefficient (Wildman–Crippen LogP) is 1.31. The van der Waals surface area contributed by atoms with Crippen LogP contribution >= 0.6 is 0 Å². The molecule has 0 saturated heterocycles. The van der Waals surface area contributed by atoms with Crippen molar-refractivity contribution in [2.45, 2.75) is 50.7 Å². The third-order valence-corrected chi connectivity index (χ3v) is 3.56. The SMILES string of the molecule is O[C@@H]1CCC2C[C@H](O)CCC2C1. The number of hydrogen-bond acceptors (Lipinski definition) is 2. The van der Waals surface area contributed by atoms with Crippen LogP contribution < -0.4 is 0 Å².